The first kappa shape index (κ1) is 22.9. The van der Waals surface area contributed by atoms with Gasteiger partial charge in [-0.1, -0.05) is 18.2 Å². The number of nitrogens with zero attached hydrogens (tertiary/aromatic N) is 1. The molecule has 1 aliphatic heterocycles. The number of thioether (sulfide) groups is 1. The normalized spacial score (nSPS) is 14.6. The average molecular weight is 457 g/mol. The number of ether oxygens (including phenoxy) is 3. The van der Waals surface area contributed by atoms with Gasteiger partial charge in [0.2, 0.25) is 0 Å². The summed E-state index contributed by atoms with van der Waals surface area (Å²) in [6.45, 7) is -0.319. The first-order valence-corrected chi connectivity index (χ1v) is 10.1. The minimum absolute atomic E-state index is 0.128. The fourth-order valence-electron chi connectivity index (χ4n) is 2.83. The molecule has 10 heteroatoms. The summed E-state index contributed by atoms with van der Waals surface area (Å²) in [4.78, 5) is 48.0. The average Bonchev–Trinajstić information content (AvgIpc) is 3.05. The zero-order valence-electron chi connectivity index (χ0n) is 17.2. The molecule has 9 nitrogen and oxygen atoms in total. The van der Waals surface area contributed by atoms with E-state index in [1.807, 2.05) is 0 Å². The molecule has 0 spiro atoms. The summed E-state index contributed by atoms with van der Waals surface area (Å²) < 4.78 is 15.6. The number of amides is 2. The molecule has 0 radical (unpaired) electrons. The molecule has 0 aliphatic carbocycles. The monoisotopic (exact) mass is 457 g/mol. The summed E-state index contributed by atoms with van der Waals surface area (Å²) in [5.74, 6) is -1.48. The molecule has 1 saturated heterocycles. The van der Waals surface area contributed by atoms with Gasteiger partial charge in [-0.25, -0.2) is 4.79 Å². The Hall–Kier alpha value is -3.79. The van der Waals surface area contributed by atoms with Crippen LogP contribution in [0.15, 0.2) is 47.4 Å². The lowest BCUT2D eigenvalue weighted by molar-refractivity contribution is -0.143. The van der Waals surface area contributed by atoms with Gasteiger partial charge < -0.3 is 19.3 Å². The second-order valence-corrected chi connectivity index (χ2v) is 7.54. The quantitative estimate of drug-likeness (QED) is 0.471. The SMILES string of the molecule is COC(=O)CN1C(=O)S/C(=C/c2ccc(OCc3cccc(C(=O)O)c3)c(OC)c2)C1=O. The van der Waals surface area contributed by atoms with Gasteiger partial charge in [-0.2, -0.15) is 0 Å². The third kappa shape index (κ3) is 5.27. The Morgan fingerprint density at radius 2 is 1.88 bits per heavy atom. The zero-order chi connectivity index (χ0) is 23.3. The van der Waals surface area contributed by atoms with Crippen LogP contribution in [-0.4, -0.2) is 53.9 Å². The summed E-state index contributed by atoms with van der Waals surface area (Å²) in [7, 11) is 2.64. The van der Waals surface area contributed by atoms with Gasteiger partial charge >= 0.3 is 11.9 Å². The maximum atomic E-state index is 12.4. The van der Waals surface area contributed by atoms with Crippen LogP contribution >= 0.6 is 11.8 Å². The number of aromatic carboxylic acids is 1. The van der Waals surface area contributed by atoms with E-state index < -0.39 is 29.6 Å². The number of carbonyl (C=O) groups excluding carboxylic acids is 3. The van der Waals surface area contributed by atoms with Crippen molar-refractivity contribution < 1.29 is 38.5 Å². The second-order valence-electron chi connectivity index (χ2n) is 6.55. The number of carboxylic acids is 1. The first-order valence-electron chi connectivity index (χ1n) is 9.27. The van der Waals surface area contributed by atoms with Crippen LogP contribution < -0.4 is 9.47 Å². The van der Waals surface area contributed by atoms with Crippen molar-refractivity contribution in [1.82, 2.24) is 4.90 Å². The number of carboxylic acid groups (broad SMARTS) is 1. The molecule has 0 unspecified atom stereocenters. The lowest BCUT2D eigenvalue weighted by Gasteiger charge is -2.12. The Kier molecular flexibility index (Phi) is 7.16. The van der Waals surface area contributed by atoms with Crippen molar-refractivity contribution >= 4 is 40.9 Å². The third-order valence-electron chi connectivity index (χ3n) is 4.44. The predicted molar refractivity (Wildman–Crippen MR) is 115 cm³/mol. The Labute approximate surface area is 187 Å². The maximum absolute atomic E-state index is 12.4. The number of imide groups is 1. The van der Waals surface area contributed by atoms with E-state index in [0.717, 1.165) is 16.7 Å². The largest absolute Gasteiger partial charge is 0.493 e. The van der Waals surface area contributed by atoms with Crippen LogP contribution in [-0.2, 0) is 20.9 Å². The number of carbonyl (C=O) groups is 4. The molecule has 0 atom stereocenters. The molecule has 1 heterocycles. The third-order valence-corrected chi connectivity index (χ3v) is 5.35. The van der Waals surface area contributed by atoms with Crippen LogP contribution in [0.2, 0.25) is 0 Å². The summed E-state index contributed by atoms with van der Waals surface area (Å²) in [5, 5.41) is 8.54. The number of methoxy groups -OCH3 is 2. The summed E-state index contributed by atoms with van der Waals surface area (Å²) in [6.07, 6.45) is 1.52. The molecule has 1 N–H and O–H groups in total. The van der Waals surface area contributed by atoms with Crippen molar-refractivity contribution in [2.75, 3.05) is 20.8 Å². The van der Waals surface area contributed by atoms with Gasteiger partial charge in [0.15, 0.2) is 11.5 Å². The Balaban J connectivity index is 1.75. The van der Waals surface area contributed by atoms with Crippen LogP contribution in [0.4, 0.5) is 4.79 Å². The van der Waals surface area contributed by atoms with Gasteiger partial charge in [-0.05, 0) is 53.2 Å². The summed E-state index contributed by atoms with van der Waals surface area (Å²) >= 11 is 0.729. The molecule has 32 heavy (non-hydrogen) atoms. The van der Waals surface area contributed by atoms with Crippen LogP contribution in [0.1, 0.15) is 21.5 Å². The maximum Gasteiger partial charge on any atom is 0.335 e. The number of esters is 1. The molecule has 1 fully saturated rings. The highest BCUT2D eigenvalue weighted by Crippen LogP contribution is 2.34. The zero-order valence-corrected chi connectivity index (χ0v) is 18.0. The minimum Gasteiger partial charge on any atom is -0.493 e. The van der Waals surface area contributed by atoms with Gasteiger partial charge in [0, 0.05) is 0 Å². The molecule has 2 aromatic carbocycles. The molecule has 0 aromatic heterocycles. The van der Waals surface area contributed by atoms with Crippen molar-refractivity contribution in [3.05, 3.63) is 64.1 Å². The van der Waals surface area contributed by atoms with Crippen LogP contribution in [0.25, 0.3) is 6.08 Å². The highest BCUT2D eigenvalue weighted by molar-refractivity contribution is 8.18. The van der Waals surface area contributed by atoms with Gasteiger partial charge in [0.1, 0.15) is 13.2 Å². The van der Waals surface area contributed by atoms with Gasteiger partial charge in [-0.3, -0.25) is 19.3 Å². The van der Waals surface area contributed by atoms with Crippen molar-refractivity contribution in [2.24, 2.45) is 0 Å². The highest BCUT2D eigenvalue weighted by Gasteiger charge is 2.36. The second kappa shape index (κ2) is 10.0. The number of benzene rings is 2. The van der Waals surface area contributed by atoms with E-state index in [1.54, 1.807) is 30.3 Å². The van der Waals surface area contributed by atoms with Crippen molar-refractivity contribution in [2.45, 2.75) is 6.61 Å². The minimum atomic E-state index is -1.02. The molecule has 0 saturated carbocycles. The van der Waals surface area contributed by atoms with Crippen molar-refractivity contribution in [1.29, 1.82) is 0 Å². The number of hydrogen-bond donors (Lipinski definition) is 1. The number of hydrogen-bond acceptors (Lipinski definition) is 8. The molecule has 2 aromatic rings. The molecule has 0 bridgehead atoms. The van der Waals surface area contributed by atoms with E-state index in [4.69, 9.17) is 14.6 Å². The van der Waals surface area contributed by atoms with E-state index in [-0.39, 0.29) is 17.1 Å². The molecule has 2 amide bonds. The topological polar surface area (TPSA) is 119 Å². The van der Waals surface area contributed by atoms with Gasteiger partial charge in [-0.15, -0.1) is 0 Å². The first-order chi connectivity index (χ1) is 15.3. The fraction of sp³-hybridized carbons (Fsp3) is 0.182. The van der Waals surface area contributed by atoms with Gasteiger partial charge in [0.05, 0.1) is 24.7 Å². The van der Waals surface area contributed by atoms with Crippen molar-refractivity contribution in [3.63, 3.8) is 0 Å². The van der Waals surface area contributed by atoms with E-state index in [9.17, 15) is 19.2 Å². The lowest BCUT2D eigenvalue weighted by atomic mass is 10.1. The molecule has 166 valence electrons. The van der Waals surface area contributed by atoms with Gasteiger partial charge in [0.25, 0.3) is 11.1 Å². The Bertz CT molecular complexity index is 1110. The molecular weight excluding hydrogens is 438 g/mol. The highest BCUT2D eigenvalue weighted by atomic mass is 32.2. The van der Waals surface area contributed by atoms with Crippen LogP contribution in [0.3, 0.4) is 0 Å². The standard InChI is InChI=1S/C22H19NO8S/c1-29-17-9-13(10-18-20(25)23(22(28)32-18)11-19(24)30-2)6-7-16(17)31-12-14-4-3-5-15(8-14)21(26)27/h3-10H,11-12H2,1-2H3,(H,26,27)/b18-10+. The summed E-state index contributed by atoms with van der Waals surface area (Å²) in [5.41, 5.74) is 1.43. The van der Waals surface area contributed by atoms with E-state index in [2.05, 4.69) is 4.74 Å². The Morgan fingerprint density at radius 3 is 2.56 bits per heavy atom. The van der Waals surface area contributed by atoms with Crippen molar-refractivity contribution in [3.8, 4) is 11.5 Å². The Morgan fingerprint density at radius 1 is 1.09 bits per heavy atom. The molecule has 1 aliphatic rings. The van der Waals surface area contributed by atoms with E-state index in [1.165, 1.54) is 32.4 Å². The van der Waals surface area contributed by atoms with Crippen LogP contribution in [0, 0.1) is 0 Å². The molecular formula is C22H19NO8S. The number of rotatable bonds is 8. The molecule has 3 rings (SSSR count). The summed E-state index contributed by atoms with van der Waals surface area (Å²) in [6, 6.07) is 11.4. The van der Waals surface area contributed by atoms with E-state index in [0.29, 0.717) is 22.6 Å². The van der Waals surface area contributed by atoms with E-state index >= 15 is 0 Å². The fourth-order valence-corrected chi connectivity index (χ4v) is 3.67. The lowest BCUT2D eigenvalue weighted by Crippen LogP contribution is -2.34. The van der Waals surface area contributed by atoms with Crippen LogP contribution in [0.5, 0.6) is 11.5 Å². The predicted octanol–water partition coefficient (Wildman–Crippen LogP) is 3.18. The smallest absolute Gasteiger partial charge is 0.335 e.